The maximum absolute atomic E-state index is 12.1. The number of hydrogen-bond acceptors (Lipinski definition) is 3. The van der Waals surface area contributed by atoms with Gasteiger partial charge in [-0.1, -0.05) is 6.07 Å². The smallest absolute Gasteiger partial charge is 0.481 e. The second-order valence-corrected chi connectivity index (χ2v) is 4.32. The van der Waals surface area contributed by atoms with Gasteiger partial charge in [0.05, 0.1) is 0 Å². The number of anilines is 1. The van der Waals surface area contributed by atoms with Crippen molar-refractivity contribution in [2.24, 2.45) is 0 Å². The van der Waals surface area contributed by atoms with Crippen molar-refractivity contribution in [3.8, 4) is 5.75 Å². The van der Waals surface area contributed by atoms with E-state index in [-0.39, 0.29) is 12.2 Å². The van der Waals surface area contributed by atoms with Gasteiger partial charge in [-0.05, 0) is 25.0 Å². The van der Waals surface area contributed by atoms with E-state index in [0.29, 0.717) is 25.1 Å². The molecule has 20 heavy (non-hydrogen) atoms. The predicted molar refractivity (Wildman–Crippen MR) is 67.9 cm³/mol. The quantitative estimate of drug-likeness (QED) is 0.783. The molecule has 4 nitrogen and oxygen atoms in total. The van der Waals surface area contributed by atoms with Crippen LogP contribution in [0.5, 0.6) is 5.75 Å². The minimum absolute atomic E-state index is 0.0884. The lowest BCUT2D eigenvalue weighted by Crippen LogP contribution is -2.20. The van der Waals surface area contributed by atoms with E-state index in [0.717, 1.165) is 0 Å². The second kappa shape index (κ2) is 7.02. The predicted octanol–water partition coefficient (Wildman–Crippen LogP) is 3.28. The molecule has 1 aromatic carbocycles. The highest BCUT2D eigenvalue weighted by atomic mass is 19.4. The molecule has 0 saturated heterocycles. The van der Waals surface area contributed by atoms with Gasteiger partial charge in [-0.15, -0.1) is 13.2 Å². The monoisotopic (exact) mass is 291 g/mol. The molecule has 1 aromatic rings. The summed E-state index contributed by atoms with van der Waals surface area (Å²) in [4.78, 5) is 12.1. The molecule has 0 fully saturated rings. The summed E-state index contributed by atoms with van der Waals surface area (Å²) >= 11 is 0. The largest absolute Gasteiger partial charge is 0.573 e. The third-order valence-corrected chi connectivity index (χ3v) is 2.63. The maximum atomic E-state index is 12.1. The molecule has 7 heteroatoms. The Morgan fingerprint density at radius 1 is 1.35 bits per heavy atom. The van der Waals surface area contributed by atoms with Crippen LogP contribution in [0.15, 0.2) is 24.3 Å². The number of unbranched alkanes of at least 4 members (excludes halogenated alkanes) is 1. The van der Waals surface area contributed by atoms with Crippen molar-refractivity contribution in [2.75, 3.05) is 18.5 Å². The Balaban J connectivity index is 2.53. The number of hydrogen-bond donors (Lipinski definition) is 1. The van der Waals surface area contributed by atoms with Crippen molar-refractivity contribution >= 4 is 11.7 Å². The lowest BCUT2D eigenvalue weighted by Gasteiger charge is -2.20. The molecule has 0 amide bonds. The van der Waals surface area contributed by atoms with E-state index in [9.17, 15) is 18.0 Å². The van der Waals surface area contributed by atoms with E-state index in [1.165, 1.54) is 18.2 Å². The average Bonchev–Trinajstić information content (AvgIpc) is 2.32. The average molecular weight is 291 g/mol. The Morgan fingerprint density at radius 2 is 2.05 bits per heavy atom. The molecule has 0 aliphatic rings. The van der Waals surface area contributed by atoms with Crippen molar-refractivity contribution in [1.29, 1.82) is 0 Å². The van der Waals surface area contributed by atoms with Crippen LogP contribution in [0.2, 0.25) is 0 Å². The van der Waals surface area contributed by atoms with Gasteiger partial charge in [0.15, 0.2) is 0 Å². The number of carboxylic acid groups (broad SMARTS) is 1. The first-order valence-electron chi connectivity index (χ1n) is 6.06. The number of ether oxygens (including phenoxy) is 1. The summed E-state index contributed by atoms with van der Waals surface area (Å²) in [6, 6.07) is 5.67. The van der Waals surface area contributed by atoms with Gasteiger partial charge in [0, 0.05) is 31.8 Å². The lowest BCUT2D eigenvalue weighted by atomic mass is 10.2. The van der Waals surface area contributed by atoms with Gasteiger partial charge in [-0.25, -0.2) is 0 Å². The highest BCUT2D eigenvalue weighted by Gasteiger charge is 2.31. The summed E-state index contributed by atoms with van der Waals surface area (Å²) in [7, 11) is 1.73. The number of aliphatic carboxylic acids is 1. The molecular formula is C13H16F3NO3. The number of carbonyl (C=O) groups is 1. The van der Waals surface area contributed by atoms with Gasteiger partial charge in [0.2, 0.25) is 0 Å². The molecule has 0 bridgehead atoms. The van der Waals surface area contributed by atoms with Gasteiger partial charge < -0.3 is 14.7 Å². The SMILES string of the molecule is CN(CCCCC(=O)O)c1cccc(OC(F)(F)F)c1. The van der Waals surface area contributed by atoms with E-state index in [1.807, 2.05) is 0 Å². The van der Waals surface area contributed by atoms with Crippen LogP contribution in [-0.4, -0.2) is 31.0 Å². The minimum atomic E-state index is -4.71. The molecule has 0 unspecified atom stereocenters. The molecular weight excluding hydrogens is 275 g/mol. The number of rotatable bonds is 7. The van der Waals surface area contributed by atoms with Crippen LogP contribution >= 0.6 is 0 Å². The van der Waals surface area contributed by atoms with Gasteiger partial charge in [0.1, 0.15) is 5.75 Å². The van der Waals surface area contributed by atoms with Gasteiger partial charge in [0.25, 0.3) is 0 Å². The summed E-state index contributed by atoms with van der Waals surface area (Å²) in [5, 5.41) is 8.50. The highest BCUT2D eigenvalue weighted by molar-refractivity contribution is 5.66. The molecule has 0 heterocycles. The van der Waals surface area contributed by atoms with Crippen LogP contribution in [0, 0.1) is 0 Å². The second-order valence-electron chi connectivity index (χ2n) is 4.32. The van der Waals surface area contributed by atoms with E-state index in [4.69, 9.17) is 5.11 Å². The molecule has 112 valence electrons. The molecule has 1 N–H and O–H groups in total. The Bertz CT molecular complexity index is 449. The van der Waals surface area contributed by atoms with Crippen molar-refractivity contribution in [3.63, 3.8) is 0 Å². The van der Waals surface area contributed by atoms with E-state index in [2.05, 4.69) is 4.74 Å². The zero-order valence-corrected chi connectivity index (χ0v) is 11.0. The Hall–Kier alpha value is -1.92. The fraction of sp³-hybridized carbons (Fsp3) is 0.462. The molecule has 0 aliphatic carbocycles. The van der Waals surface area contributed by atoms with Crippen LogP contribution in [-0.2, 0) is 4.79 Å². The van der Waals surface area contributed by atoms with E-state index in [1.54, 1.807) is 18.0 Å². The lowest BCUT2D eigenvalue weighted by molar-refractivity contribution is -0.274. The molecule has 0 aromatic heterocycles. The van der Waals surface area contributed by atoms with Gasteiger partial charge >= 0.3 is 12.3 Å². The fourth-order valence-corrected chi connectivity index (χ4v) is 1.67. The molecule has 0 radical (unpaired) electrons. The molecule has 1 rings (SSSR count). The zero-order chi connectivity index (χ0) is 15.2. The topological polar surface area (TPSA) is 49.8 Å². The third kappa shape index (κ3) is 6.31. The summed E-state index contributed by atoms with van der Waals surface area (Å²) in [6.45, 7) is 0.558. The van der Waals surface area contributed by atoms with E-state index < -0.39 is 12.3 Å². The summed E-state index contributed by atoms with van der Waals surface area (Å²) < 4.78 is 40.2. The molecule has 0 saturated carbocycles. The van der Waals surface area contributed by atoms with Crippen molar-refractivity contribution in [1.82, 2.24) is 0 Å². The normalized spacial score (nSPS) is 11.2. The number of carboxylic acids is 1. The maximum Gasteiger partial charge on any atom is 0.573 e. The van der Waals surface area contributed by atoms with Crippen molar-refractivity contribution in [2.45, 2.75) is 25.6 Å². The van der Waals surface area contributed by atoms with Crippen LogP contribution in [0.4, 0.5) is 18.9 Å². The van der Waals surface area contributed by atoms with E-state index >= 15 is 0 Å². The van der Waals surface area contributed by atoms with Crippen LogP contribution < -0.4 is 9.64 Å². The zero-order valence-electron chi connectivity index (χ0n) is 11.0. The third-order valence-electron chi connectivity index (χ3n) is 2.63. The minimum Gasteiger partial charge on any atom is -0.481 e. The van der Waals surface area contributed by atoms with Crippen molar-refractivity contribution < 1.29 is 27.8 Å². The Morgan fingerprint density at radius 3 is 2.65 bits per heavy atom. The molecule has 0 aliphatic heterocycles. The van der Waals surface area contributed by atoms with Gasteiger partial charge in [-0.3, -0.25) is 4.79 Å². The summed E-state index contributed by atoms with van der Waals surface area (Å²) in [6.07, 6.45) is -3.45. The standard InChI is InChI=1S/C13H16F3NO3/c1-17(8-3-2-7-12(18)19)10-5-4-6-11(9-10)20-13(14,15)16/h4-6,9H,2-3,7-8H2,1H3,(H,18,19). The van der Waals surface area contributed by atoms with Crippen molar-refractivity contribution in [3.05, 3.63) is 24.3 Å². The number of alkyl halides is 3. The van der Waals surface area contributed by atoms with Crippen LogP contribution in [0.25, 0.3) is 0 Å². The Labute approximate surface area is 114 Å². The first-order chi connectivity index (χ1) is 9.28. The summed E-state index contributed by atoms with van der Waals surface area (Å²) in [5.74, 6) is -1.12. The number of benzene rings is 1. The molecule has 0 atom stereocenters. The van der Waals surface area contributed by atoms with Crippen LogP contribution in [0.1, 0.15) is 19.3 Å². The van der Waals surface area contributed by atoms with Crippen LogP contribution in [0.3, 0.4) is 0 Å². The molecule has 0 spiro atoms. The Kier molecular flexibility index (Phi) is 5.66. The highest BCUT2D eigenvalue weighted by Crippen LogP contribution is 2.26. The van der Waals surface area contributed by atoms with Gasteiger partial charge in [-0.2, -0.15) is 0 Å². The number of halogens is 3. The first kappa shape index (κ1) is 16.1. The first-order valence-corrected chi connectivity index (χ1v) is 6.06. The fourth-order valence-electron chi connectivity index (χ4n) is 1.67. The summed E-state index contributed by atoms with van der Waals surface area (Å²) in [5.41, 5.74) is 0.585. The number of nitrogens with zero attached hydrogens (tertiary/aromatic N) is 1.